The van der Waals surface area contributed by atoms with Gasteiger partial charge in [0.1, 0.15) is 0 Å². The Morgan fingerprint density at radius 2 is 2.08 bits per heavy atom. The van der Waals surface area contributed by atoms with Crippen molar-refractivity contribution in [3.63, 3.8) is 0 Å². The molecule has 0 saturated heterocycles. The minimum Gasteiger partial charge on any atom is -0.396 e. The fourth-order valence-electron chi connectivity index (χ4n) is 4.40. The molecule has 126 valence electrons. The Kier molecular flexibility index (Phi) is 3.98. The van der Waals surface area contributed by atoms with Gasteiger partial charge in [-0.3, -0.25) is 0 Å². The van der Waals surface area contributed by atoms with Gasteiger partial charge in [0.25, 0.3) is 0 Å². The SMILES string of the molecule is O=C(Nc1ccccc1-n1cccn1)NC1C2CCC(C2)C1CO. The van der Waals surface area contributed by atoms with Crippen molar-refractivity contribution in [2.75, 3.05) is 11.9 Å². The number of amides is 2. The Morgan fingerprint density at radius 3 is 2.88 bits per heavy atom. The number of anilines is 1. The van der Waals surface area contributed by atoms with Gasteiger partial charge in [-0.05, 0) is 49.3 Å². The molecular weight excluding hydrogens is 304 g/mol. The number of benzene rings is 1. The molecule has 4 unspecified atom stereocenters. The minimum atomic E-state index is -0.217. The number of rotatable bonds is 4. The first-order valence-electron chi connectivity index (χ1n) is 8.53. The van der Waals surface area contributed by atoms with Crippen LogP contribution in [0.2, 0.25) is 0 Å². The molecule has 2 aliphatic carbocycles. The van der Waals surface area contributed by atoms with Crippen LogP contribution in [0.4, 0.5) is 10.5 Å². The van der Waals surface area contributed by atoms with Crippen LogP contribution in [-0.4, -0.2) is 33.6 Å². The van der Waals surface area contributed by atoms with Crippen LogP contribution in [0.25, 0.3) is 5.69 Å². The molecule has 2 bridgehead atoms. The maximum atomic E-state index is 12.5. The van der Waals surface area contributed by atoms with Crippen molar-refractivity contribution in [3.05, 3.63) is 42.7 Å². The molecule has 6 nitrogen and oxygen atoms in total. The van der Waals surface area contributed by atoms with Gasteiger partial charge >= 0.3 is 6.03 Å². The first kappa shape index (κ1) is 15.2. The van der Waals surface area contributed by atoms with Crippen molar-refractivity contribution in [1.82, 2.24) is 15.1 Å². The lowest BCUT2D eigenvalue weighted by molar-refractivity contribution is 0.146. The second-order valence-corrected chi connectivity index (χ2v) is 6.77. The van der Waals surface area contributed by atoms with Gasteiger partial charge in [-0.25, -0.2) is 9.48 Å². The summed E-state index contributed by atoms with van der Waals surface area (Å²) >= 11 is 0. The van der Waals surface area contributed by atoms with Crippen LogP contribution in [0.5, 0.6) is 0 Å². The molecule has 0 aliphatic heterocycles. The Labute approximate surface area is 140 Å². The molecule has 1 aromatic carbocycles. The standard InChI is InChI=1S/C18H22N4O2/c23-11-14-12-6-7-13(10-12)17(14)21-18(24)20-15-4-1-2-5-16(15)22-9-3-8-19-22/h1-5,8-9,12-14,17,23H,6-7,10-11H2,(H2,20,21,24). The Bertz CT molecular complexity index is 716. The van der Waals surface area contributed by atoms with Gasteiger partial charge in [0.15, 0.2) is 0 Å². The summed E-state index contributed by atoms with van der Waals surface area (Å²) < 4.78 is 1.73. The van der Waals surface area contributed by atoms with E-state index in [2.05, 4.69) is 15.7 Å². The third-order valence-electron chi connectivity index (χ3n) is 5.50. The lowest BCUT2D eigenvalue weighted by Crippen LogP contribution is -2.46. The highest BCUT2D eigenvalue weighted by atomic mass is 16.3. The van der Waals surface area contributed by atoms with E-state index in [1.165, 1.54) is 6.42 Å². The number of aliphatic hydroxyl groups is 1. The summed E-state index contributed by atoms with van der Waals surface area (Å²) in [6.45, 7) is 0.149. The number of para-hydroxylation sites is 2. The molecule has 0 radical (unpaired) electrons. The van der Waals surface area contributed by atoms with Crippen molar-refractivity contribution in [1.29, 1.82) is 0 Å². The minimum absolute atomic E-state index is 0.0746. The van der Waals surface area contributed by atoms with Gasteiger partial charge < -0.3 is 15.7 Å². The molecule has 1 aromatic heterocycles. The summed E-state index contributed by atoms with van der Waals surface area (Å²) in [6.07, 6.45) is 7.00. The summed E-state index contributed by atoms with van der Waals surface area (Å²) in [5.74, 6) is 1.25. The lowest BCUT2D eigenvalue weighted by atomic mass is 9.85. The zero-order valence-electron chi connectivity index (χ0n) is 13.4. The molecular formula is C18H22N4O2. The average Bonchev–Trinajstić information content (AvgIpc) is 3.32. The predicted molar refractivity (Wildman–Crippen MR) is 90.9 cm³/mol. The zero-order valence-corrected chi connectivity index (χ0v) is 13.4. The normalized spacial score (nSPS) is 28.0. The van der Waals surface area contributed by atoms with E-state index < -0.39 is 0 Å². The Balaban J connectivity index is 1.47. The molecule has 2 saturated carbocycles. The largest absolute Gasteiger partial charge is 0.396 e. The molecule has 2 fully saturated rings. The molecule has 2 amide bonds. The predicted octanol–water partition coefficient (Wildman–Crippen LogP) is 2.40. The van der Waals surface area contributed by atoms with E-state index in [9.17, 15) is 9.90 Å². The number of urea groups is 1. The van der Waals surface area contributed by atoms with Crippen LogP contribution in [0, 0.1) is 17.8 Å². The fourth-order valence-corrected chi connectivity index (χ4v) is 4.40. The zero-order chi connectivity index (χ0) is 16.5. The van der Waals surface area contributed by atoms with Gasteiger partial charge in [-0.1, -0.05) is 12.1 Å². The van der Waals surface area contributed by atoms with Crippen LogP contribution >= 0.6 is 0 Å². The average molecular weight is 326 g/mol. The van der Waals surface area contributed by atoms with Crippen molar-refractivity contribution >= 4 is 11.7 Å². The summed E-state index contributed by atoms with van der Waals surface area (Å²) in [4.78, 5) is 12.5. The monoisotopic (exact) mass is 326 g/mol. The highest BCUT2D eigenvalue weighted by Crippen LogP contribution is 2.48. The summed E-state index contributed by atoms with van der Waals surface area (Å²) in [7, 11) is 0. The van der Waals surface area contributed by atoms with Crippen LogP contribution in [0.15, 0.2) is 42.7 Å². The summed E-state index contributed by atoms with van der Waals surface area (Å²) in [6, 6.07) is 9.28. The lowest BCUT2D eigenvalue weighted by Gasteiger charge is -2.30. The molecule has 2 aliphatic rings. The van der Waals surface area contributed by atoms with Gasteiger partial charge in [0.05, 0.1) is 11.4 Å². The first-order valence-corrected chi connectivity index (χ1v) is 8.53. The number of carbonyl (C=O) groups excluding carboxylic acids is 1. The quantitative estimate of drug-likeness (QED) is 0.807. The number of hydrogen-bond donors (Lipinski definition) is 3. The van der Waals surface area contributed by atoms with Crippen LogP contribution < -0.4 is 10.6 Å². The molecule has 0 spiro atoms. The third-order valence-corrected chi connectivity index (χ3v) is 5.50. The number of hydrogen-bond acceptors (Lipinski definition) is 3. The van der Waals surface area contributed by atoms with Gasteiger partial charge in [0, 0.05) is 31.0 Å². The van der Waals surface area contributed by atoms with Crippen molar-refractivity contribution in [2.45, 2.75) is 25.3 Å². The van der Waals surface area contributed by atoms with Crippen LogP contribution in [0.3, 0.4) is 0 Å². The highest BCUT2D eigenvalue weighted by Gasteiger charge is 2.47. The number of aromatic nitrogens is 2. The number of carbonyl (C=O) groups is 1. The number of fused-ring (bicyclic) bond motifs is 2. The maximum Gasteiger partial charge on any atom is 0.319 e. The number of nitrogens with zero attached hydrogens (tertiary/aromatic N) is 2. The first-order chi connectivity index (χ1) is 11.8. The van der Waals surface area contributed by atoms with E-state index >= 15 is 0 Å². The highest BCUT2D eigenvalue weighted by molar-refractivity contribution is 5.91. The van der Waals surface area contributed by atoms with Crippen molar-refractivity contribution < 1.29 is 9.90 Å². The van der Waals surface area contributed by atoms with Crippen LogP contribution in [0.1, 0.15) is 19.3 Å². The molecule has 6 heteroatoms. The number of nitrogens with one attached hydrogen (secondary N) is 2. The molecule has 3 N–H and O–H groups in total. The van der Waals surface area contributed by atoms with Crippen molar-refractivity contribution in [2.24, 2.45) is 17.8 Å². The van der Waals surface area contributed by atoms with E-state index in [4.69, 9.17) is 0 Å². The smallest absolute Gasteiger partial charge is 0.319 e. The topological polar surface area (TPSA) is 79.2 Å². The molecule has 24 heavy (non-hydrogen) atoms. The van der Waals surface area contributed by atoms with Gasteiger partial charge in [-0.2, -0.15) is 5.10 Å². The van der Waals surface area contributed by atoms with Gasteiger partial charge in [-0.15, -0.1) is 0 Å². The molecule has 4 atom stereocenters. The molecule has 4 rings (SSSR count). The van der Waals surface area contributed by atoms with Crippen LogP contribution in [-0.2, 0) is 0 Å². The Morgan fingerprint density at radius 1 is 1.25 bits per heavy atom. The molecule has 1 heterocycles. The summed E-state index contributed by atoms with van der Waals surface area (Å²) in [5, 5.41) is 19.9. The maximum absolute atomic E-state index is 12.5. The van der Waals surface area contributed by atoms with E-state index in [0.717, 1.165) is 18.5 Å². The van der Waals surface area contributed by atoms with Gasteiger partial charge in [0.2, 0.25) is 0 Å². The fraction of sp³-hybridized carbons (Fsp3) is 0.444. The van der Waals surface area contributed by atoms with E-state index in [1.54, 1.807) is 10.9 Å². The second-order valence-electron chi connectivity index (χ2n) is 6.77. The van der Waals surface area contributed by atoms with Crippen molar-refractivity contribution in [3.8, 4) is 5.69 Å². The Hall–Kier alpha value is -2.34. The second kappa shape index (κ2) is 6.28. The molecule has 2 aromatic rings. The van der Waals surface area contributed by atoms with E-state index in [1.807, 2.05) is 36.5 Å². The third kappa shape index (κ3) is 2.67. The van der Waals surface area contributed by atoms with E-state index in [-0.39, 0.29) is 24.6 Å². The summed E-state index contributed by atoms with van der Waals surface area (Å²) in [5.41, 5.74) is 1.53. The number of aliphatic hydroxyl groups excluding tert-OH is 1. The van der Waals surface area contributed by atoms with E-state index in [0.29, 0.717) is 17.5 Å².